The number of carbonyl (C=O) groups is 1. The maximum Gasteiger partial charge on any atom is 0.279 e. The number of non-ortho nitro benzene ring substituents is 1. The zero-order valence-corrected chi connectivity index (χ0v) is 13.6. The van der Waals surface area contributed by atoms with Crippen molar-refractivity contribution in [2.75, 3.05) is 18.9 Å². The van der Waals surface area contributed by atoms with Gasteiger partial charge in [-0.05, 0) is 24.3 Å². The molecule has 0 spiro atoms. The molecule has 2 N–H and O–H groups in total. The number of quaternary nitrogens is 1. The monoisotopic (exact) mass is 352 g/mol. The summed E-state index contributed by atoms with van der Waals surface area (Å²) in [7, 11) is 1.75. The summed E-state index contributed by atoms with van der Waals surface area (Å²) >= 11 is 5.97. The number of anilines is 1. The van der Waals surface area contributed by atoms with Gasteiger partial charge in [0.05, 0.1) is 22.6 Å². The van der Waals surface area contributed by atoms with Gasteiger partial charge in [-0.15, -0.1) is 0 Å². The van der Waals surface area contributed by atoms with E-state index in [1.165, 1.54) is 36.4 Å². The summed E-state index contributed by atoms with van der Waals surface area (Å²) < 4.78 is 13.7. The Morgan fingerprint density at radius 1 is 1.29 bits per heavy atom. The number of amides is 1. The number of halogens is 2. The van der Waals surface area contributed by atoms with E-state index in [0.717, 1.165) is 4.90 Å². The number of rotatable bonds is 6. The smallest absolute Gasteiger partial charge is 0.279 e. The molecule has 0 heterocycles. The molecular formula is C16H16ClFN3O3+. The lowest BCUT2D eigenvalue weighted by atomic mass is 10.2. The van der Waals surface area contributed by atoms with Crippen molar-refractivity contribution in [1.29, 1.82) is 0 Å². The van der Waals surface area contributed by atoms with Crippen LogP contribution in [0.4, 0.5) is 15.8 Å². The summed E-state index contributed by atoms with van der Waals surface area (Å²) in [5.41, 5.74) is 0.770. The molecule has 0 radical (unpaired) electrons. The first-order valence-corrected chi connectivity index (χ1v) is 7.53. The fraction of sp³-hybridized carbons (Fsp3) is 0.188. The maximum absolute atomic E-state index is 13.7. The van der Waals surface area contributed by atoms with Crippen LogP contribution in [0.5, 0.6) is 0 Å². The van der Waals surface area contributed by atoms with Gasteiger partial charge < -0.3 is 10.2 Å². The maximum atomic E-state index is 13.7. The molecule has 0 bridgehead atoms. The predicted molar refractivity (Wildman–Crippen MR) is 88.6 cm³/mol. The summed E-state index contributed by atoms with van der Waals surface area (Å²) in [6.45, 7) is 0.362. The summed E-state index contributed by atoms with van der Waals surface area (Å²) in [5.74, 6) is -0.688. The molecule has 2 rings (SSSR count). The van der Waals surface area contributed by atoms with Gasteiger partial charge in [-0.1, -0.05) is 17.7 Å². The molecule has 0 aliphatic heterocycles. The Kier molecular flexibility index (Phi) is 5.83. The molecular weight excluding hydrogens is 337 g/mol. The van der Waals surface area contributed by atoms with E-state index in [-0.39, 0.29) is 24.7 Å². The molecule has 24 heavy (non-hydrogen) atoms. The van der Waals surface area contributed by atoms with Crippen LogP contribution >= 0.6 is 11.6 Å². The van der Waals surface area contributed by atoms with Gasteiger partial charge in [-0.2, -0.15) is 0 Å². The molecule has 126 valence electrons. The van der Waals surface area contributed by atoms with Crippen LogP contribution < -0.4 is 10.2 Å². The fourth-order valence-corrected chi connectivity index (χ4v) is 2.44. The van der Waals surface area contributed by atoms with Crippen molar-refractivity contribution in [2.24, 2.45) is 0 Å². The largest absolute Gasteiger partial charge is 0.326 e. The number of carbonyl (C=O) groups excluding carboxylic acids is 1. The first-order chi connectivity index (χ1) is 11.4. The van der Waals surface area contributed by atoms with Crippen LogP contribution in [0, 0.1) is 15.9 Å². The lowest BCUT2D eigenvalue weighted by molar-refractivity contribution is -0.885. The molecule has 8 heteroatoms. The third-order valence-electron chi connectivity index (χ3n) is 3.36. The Balaban J connectivity index is 1.93. The molecule has 2 aromatic carbocycles. The normalized spacial score (nSPS) is 11.8. The van der Waals surface area contributed by atoms with E-state index in [2.05, 4.69) is 5.32 Å². The molecule has 6 nitrogen and oxygen atoms in total. The summed E-state index contributed by atoms with van der Waals surface area (Å²) in [6.07, 6.45) is 0. The first-order valence-electron chi connectivity index (χ1n) is 7.15. The Morgan fingerprint density at radius 2 is 1.96 bits per heavy atom. The van der Waals surface area contributed by atoms with Crippen molar-refractivity contribution in [3.8, 4) is 0 Å². The standard InChI is InChI=1S/C16H15ClFN3O3/c1-20(9-13-14(17)3-2-4-15(13)18)10-16(22)19-11-5-7-12(8-6-11)21(23)24/h2-8H,9-10H2,1H3,(H,19,22)/p+1. The molecule has 1 amide bonds. The van der Waals surface area contributed by atoms with E-state index in [0.29, 0.717) is 16.3 Å². The molecule has 1 atom stereocenters. The molecule has 0 saturated heterocycles. The highest BCUT2D eigenvalue weighted by atomic mass is 35.5. The lowest BCUT2D eigenvalue weighted by Gasteiger charge is -2.15. The van der Waals surface area contributed by atoms with E-state index in [9.17, 15) is 19.3 Å². The van der Waals surface area contributed by atoms with Gasteiger partial charge >= 0.3 is 0 Å². The van der Waals surface area contributed by atoms with Crippen molar-refractivity contribution >= 4 is 28.9 Å². The second-order valence-corrected chi connectivity index (χ2v) is 5.77. The van der Waals surface area contributed by atoms with Gasteiger partial charge in [0.15, 0.2) is 6.54 Å². The third-order valence-corrected chi connectivity index (χ3v) is 3.72. The van der Waals surface area contributed by atoms with Crippen molar-refractivity contribution in [3.05, 3.63) is 69.0 Å². The Hall–Kier alpha value is -2.51. The average molecular weight is 353 g/mol. The van der Waals surface area contributed by atoms with Crippen molar-refractivity contribution in [1.82, 2.24) is 0 Å². The van der Waals surface area contributed by atoms with E-state index in [4.69, 9.17) is 11.6 Å². The molecule has 2 aromatic rings. The average Bonchev–Trinajstić information content (AvgIpc) is 2.51. The molecule has 0 fully saturated rings. The van der Waals surface area contributed by atoms with Crippen LogP contribution in [0.25, 0.3) is 0 Å². The number of nitro groups is 1. The van der Waals surface area contributed by atoms with Gasteiger partial charge in [0, 0.05) is 17.8 Å². The molecule has 0 aromatic heterocycles. The van der Waals surface area contributed by atoms with Gasteiger partial charge in [-0.3, -0.25) is 14.9 Å². The third kappa shape index (κ3) is 4.74. The minimum absolute atomic E-state index is 0.0510. The molecule has 0 aliphatic rings. The SMILES string of the molecule is C[NH+](CC(=O)Nc1ccc([N+](=O)[O-])cc1)Cc1c(F)cccc1Cl. The van der Waals surface area contributed by atoms with Crippen LogP contribution in [-0.4, -0.2) is 24.4 Å². The number of nitro benzene ring substituents is 1. The zero-order chi connectivity index (χ0) is 17.7. The fourth-order valence-electron chi connectivity index (χ4n) is 2.21. The van der Waals surface area contributed by atoms with Crippen LogP contribution in [0.3, 0.4) is 0 Å². The number of hydrogen-bond donors (Lipinski definition) is 2. The minimum Gasteiger partial charge on any atom is -0.326 e. The van der Waals surface area contributed by atoms with Gasteiger partial charge in [-0.25, -0.2) is 4.39 Å². The van der Waals surface area contributed by atoms with Crippen LogP contribution in [-0.2, 0) is 11.3 Å². The zero-order valence-electron chi connectivity index (χ0n) is 12.9. The topological polar surface area (TPSA) is 76.7 Å². The predicted octanol–water partition coefficient (Wildman–Crippen LogP) is 2.04. The number of hydrogen-bond acceptors (Lipinski definition) is 3. The van der Waals surface area contributed by atoms with Gasteiger partial charge in [0.2, 0.25) is 0 Å². The first kappa shape index (κ1) is 17.8. The summed E-state index contributed by atoms with van der Waals surface area (Å²) in [6, 6.07) is 9.99. The number of nitrogens with one attached hydrogen (secondary N) is 2. The second-order valence-electron chi connectivity index (χ2n) is 5.36. The highest BCUT2D eigenvalue weighted by molar-refractivity contribution is 6.31. The quantitative estimate of drug-likeness (QED) is 0.617. The Labute approximate surface area is 143 Å². The van der Waals surface area contributed by atoms with Crippen LogP contribution in [0.1, 0.15) is 5.56 Å². The van der Waals surface area contributed by atoms with Crippen molar-refractivity contribution in [2.45, 2.75) is 6.54 Å². The highest BCUT2D eigenvalue weighted by Gasteiger charge is 2.16. The molecule has 1 unspecified atom stereocenters. The minimum atomic E-state index is -0.512. The van der Waals surface area contributed by atoms with Gasteiger partial charge in [0.25, 0.3) is 11.6 Å². The lowest BCUT2D eigenvalue weighted by Crippen LogP contribution is -3.08. The number of likely N-dealkylation sites (N-methyl/N-ethyl adjacent to an activating group) is 1. The Bertz CT molecular complexity index is 732. The summed E-state index contributed by atoms with van der Waals surface area (Å²) in [5, 5.41) is 13.6. The molecule has 0 aliphatic carbocycles. The van der Waals surface area contributed by atoms with Crippen molar-refractivity contribution < 1.29 is 19.0 Å². The number of benzene rings is 2. The Morgan fingerprint density at radius 3 is 2.54 bits per heavy atom. The van der Waals surface area contributed by atoms with E-state index in [1.807, 2.05) is 0 Å². The van der Waals surface area contributed by atoms with Crippen LogP contribution in [0.2, 0.25) is 5.02 Å². The highest BCUT2D eigenvalue weighted by Crippen LogP contribution is 2.17. The molecule has 0 saturated carbocycles. The van der Waals surface area contributed by atoms with E-state index in [1.54, 1.807) is 13.1 Å². The van der Waals surface area contributed by atoms with Crippen LogP contribution in [0.15, 0.2) is 42.5 Å². The van der Waals surface area contributed by atoms with E-state index < -0.39 is 10.7 Å². The van der Waals surface area contributed by atoms with Crippen molar-refractivity contribution in [3.63, 3.8) is 0 Å². The number of nitrogens with zero attached hydrogens (tertiary/aromatic N) is 1. The van der Waals surface area contributed by atoms with E-state index >= 15 is 0 Å². The second kappa shape index (κ2) is 7.85. The van der Waals surface area contributed by atoms with Gasteiger partial charge in [0.1, 0.15) is 12.4 Å². The summed E-state index contributed by atoms with van der Waals surface area (Å²) in [4.78, 5) is 22.8.